The van der Waals surface area contributed by atoms with Crippen molar-refractivity contribution in [1.29, 1.82) is 0 Å². The number of benzene rings is 1. The van der Waals surface area contributed by atoms with E-state index in [1.54, 1.807) is 7.05 Å². The van der Waals surface area contributed by atoms with Crippen LogP contribution in [0.15, 0.2) is 27.4 Å². The molecule has 2 atom stereocenters. The lowest BCUT2D eigenvalue weighted by molar-refractivity contribution is 0.498. The first-order chi connectivity index (χ1) is 9.15. The van der Waals surface area contributed by atoms with Crippen molar-refractivity contribution in [2.45, 2.75) is 31.3 Å². The van der Waals surface area contributed by atoms with Crippen molar-refractivity contribution in [3.05, 3.63) is 34.3 Å². The van der Waals surface area contributed by atoms with E-state index in [4.69, 9.17) is 10.2 Å². The lowest BCUT2D eigenvalue weighted by atomic mass is 9.99. The van der Waals surface area contributed by atoms with Crippen molar-refractivity contribution in [2.24, 2.45) is 12.8 Å². The molecule has 3 rings (SSSR count). The Labute approximate surface area is 111 Å². The van der Waals surface area contributed by atoms with Crippen LogP contribution in [-0.4, -0.2) is 17.2 Å². The van der Waals surface area contributed by atoms with Crippen molar-refractivity contribution < 1.29 is 4.42 Å². The van der Waals surface area contributed by atoms with Crippen molar-refractivity contribution >= 4 is 11.1 Å². The average Bonchev–Trinajstić information content (AvgIpc) is 2.99. The second kappa shape index (κ2) is 4.83. The van der Waals surface area contributed by atoms with Gasteiger partial charge in [-0.3, -0.25) is 4.57 Å². The van der Waals surface area contributed by atoms with Gasteiger partial charge in [-0.1, -0.05) is 6.07 Å². The summed E-state index contributed by atoms with van der Waals surface area (Å²) in [6.45, 7) is 1.09. The van der Waals surface area contributed by atoms with Gasteiger partial charge in [-0.05, 0) is 43.5 Å². The summed E-state index contributed by atoms with van der Waals surface area (Å²) in [7, 11) is 1.70. The molecule has 3 N–H and O–H groups in total. The van der Waals surface area contributed by atoms with Gasteiger partial charge in [0.1, 0.15) is 0 Å². The van der Waals surface area contributed by atoms with Gasteiger partial charge in [0.25, 0.3) is 0 Å². The summed E-state index contributed by atoms with van der Waals surface area (Å²) in [4.78, 5) is 11.5. The van der Waals surface area contributed by atoms with Gasteiger partial charge in [-0.15, -0.1) is 0 Å². The molecule has 0 amide bonds. The fourth-order valence-corrected chi connectivity index (χ4v) is 2.78. The fraction of sp³-hybridized carbons (Fsp3) is 0.500. The summed E-state index contributed by atoms with van der Waals surface area (Å²) in [6.07, 6.45) is 3.34. The van der Waals surface area contributed by atoms with Gasteiger partial charge in [-0.25, -0.2) is 4.79 Å². The van der Waals surface area contributed by atoms with Crippen LogP contribution >= 0.6 is 0 Å². The Balaban J connectivity index is 1.85. The SMILES string of the molecule is Cn1c(=O)oc2cc(C(N)CC3CCCN3)ccc21. The van der Waals surface area contributed by atoms with Gasteiger partial charge < -0.3 is 15.5 Å². The Morgan fingerprint density at radius 1 is 1.58 bits per heavy atom. The number of fused-ring (bicyclic) bond motifs is 1. The maximum Gasteiger partial charge on any atom is 0.419 e. The Hall–Kier alpha value is -1.59. The van der Waals surface area contributed by atoms with Gasteiger partial charge in [0.2, 0.25) is 0 Å². The Bertz CT molecular complexity index is 638. The first-order valence-electron chi connectivity index (χ1n) is 6.73. The molecule has 2 unspecified atom stereocenters. The number of rotatable bonds is 3. The third-order valence-corrected chi connectivity index (χ3v) is 3.95. The summed E-state index contributed by atoms with van der Waals surface area (Å²) in [5, 5.41) is 3.45. The van der Waals surface area contributed by atoms with Gasteiger partial charge in [0.05, 0.1) is 5.52 Å². The highest BCUT2D eigenvalue weighted by atomic mass is 16.4. The van der Waals surface area contributed by atoms with E-state index in [2.05, 4.69) is 5.32 Å². The Kier molecular flexibility index (Phi) is 3.16. The monoisotopic (exact) mass is 261 g/mol. The first-order valence-corrected chi connectivity index (χ1v) is 6.73. The molecule has 1 fully saturated rings. The molecule has 0 saturated carbocycles. The highest BCUT2D eigenvalue weighted by molar-refractivity contribution is 5.73. The summed E-state index contributed by atoms with van der Waals surface area (Å²) in [6, 6.07) is 6.25. The van der Waals surface area contributed by atoms with Crippen LogP contribution in [0.5, 0.6) is 0 Å². The highest BCUT2D eigenvalue weighted by Gasteiger charge is 2.19. The minimum absolute atomic E-state index is 0.0227. The van der Waals surface area contributed by atoms with E-state index in [0.717, 1.165) is 24.0 Å². The molecule has 0 bridgehead atoms. The second-order valence-electron chi connectivity index (χ2n) is 5.29. The predicted molar refractivity (Wildman–Crippen MR) is 74.0 cm³/mol. The van der Waals surface area contributed by atoms with Crippen molar-refractivity contribution in [1.82, 2.24) is 9.88 Å². The van der Waals surface area contributed by atoms with Gasteiger partial charge in [-0.2, -0.15) is 0 Å². The molecule has 2 aromatic rings. The van der Waals surface area contributed by atoms with Crippen molar-refractivity contribution in [3.63, 3.8) is 0 Å². The Morgan fingerprint density at radius 3 is 3.16 bits per heavy atom. The molecular formula is C14H19N3O2. The molecule has 5 nitrogen and oxygen atoms in total. The molecule has 5 heteroatoms. The summed E-state index contributed by atoms with van der Waals surface area (Å²) in [5.41, 5.74) is 8.68. The molecule has 19 heavy (non-hydrogen) atoms. The number of hydrogen-bond donors (Lipinski definition) is 2. The van der Waals surface area contributed by atoms with E-state index < -0.39 is 0 Å². The van der Waals surface area contributed by atoms with E-state index in [1.165, 1.54) is 17.4 Å². The van der Waals surface area contributed by atoms with E-state index in [9.17, 15) is 4.79 Å². The number of nitrogens with two attached hydrogens (primary N) is 1. The zero-order valence-electron chi connectivity index (χ0n) is 11.1. The minimum atomic E-state index is -0.335. The largest absolute Gasteiger partial charge is 0.419 e. The average molecular weight is 261 g/mol. The van der Waals surface area contributed by atoms with E-state index in [-0.39, 0.29) is 11.8 Å². The molecule has 1 aliphatic heterocycles. The minimum Gasteiger partial charge on any atom is -0.408 e. The lowest BCUT2D eigenvalue weighted by Gasteiger charge is -2.17. The molecule has 2 heterocycles. The number of hydrogen-bond acceptors (Lipinski definition) is 4. The molecular weight excluding hydrogens is 242 g/mol. The molecule has 1 aromatic carbocycles. The predicted octanol–water partition coefficient (Wildman–Crippen LogP) is 1.27. The molecule has 0 aliphatic carbocycles. The normalized spacial score (nSPS) is 21.1. The summed E-state index contributed by atoms with van der Waals surface area (Å²) < 4.78 is 6.70. The zero-order valence-corrected chi connectivity index (χ0v) is 11.1. The van der Waals surface area contributed by atoms with E-state index in [0.29, 0.717) is 11.6 Å². The van der Waals surface area contributed by atoms with Crippen LogP contribution in [0.1, 0.15) is 30.9 Å². The third-order valence-electron chi connectivity index (χ3n) is 3.95. The van der Waals surface area contributed by atoms with E-state index in [1.807, 2.05) is 18.2 Å². The van der Waals surface area contributed by atoms with Gasteiger partial charge >= 0.3 is 5.76 Å². The standard InChI is InChI=1S/C14H19N3O2/c1-17-12-5-4-9(7-13(12)19-14(17)18)11(15)8-10-3-2-6-16-10/h4-5,7,10-11,16H,2-3,6,8,15H2,1H3. The topological polar surface area (TPSA) is 73.2 Å². The van der Waals surface area contributed by atoms with Crippen LogP contribution in [-0.2, 0) is 7.05 Å². The van der Waals surface area contributed by atoms with E-state index >= 15 is 0 Å². The Morgan fingerprint density at radius 2 is 2.42 bits per heavy atom. The number of aromatic nitrogens is 1. The van der Waals surface area contributed by atoms with Crippen LogP contribution in [0.2, 0.25) is 0 Å². The van der Waals surface area contributed by atoms with Crippen LogP contribution in [0, 0.1) is 0 Å². The maximum atomic E-state index is 11.5. The summed E-state index contributed by atoms with van der Waals surface area (Å²) in [5.74, 6) is -0.335. The van der Waals surface area contributed by atoms with Gasteiger partial charge in [0.15, 0.2) is 5.58 Å². The number of aryl methyl sites for hydroxylation is 1. The molecule has 0 radical (unpaired) electrons. The van der Waals surface area contributed by atoms with Crippen LogP contribution < -0.4 is 16.8 Å². The van der Waals surface area contributed by atoms with Gasteiger partial charge in [0, 0.05) is 19.1 Å². The highest BCUT2D eigenvalue weighted by Crippen LogP contribution is 2.23. The smallest absolute Gasteiger partial charge is 0.408 e. The molecule has 1 aromatic heterocycles. The molecule has 1 aliphatic rings. The van der Waals surface area contributed by atoms with Crippen LogP contribution in [0.4, 0.5) is 0 Å². The number of nitrogens with one attached hydrogen (secondary N) is 1. The zero-order chi connectivity index (χ0) is 13.4. The quantitative estimate of drug-likeness (QED) is 0.872. The molecule has 102 valence electrons. The third kappa shape index (κ3) is 2.31. The second-order valence-corrected chi connectivity index (χ2v) is 5.29. The maximum absolute atomic E-state index is 11.5. The lowest BCUT2D eigenvalue weighted by Crippen LogP contribution is -2.26. The van der Waals surface area contributed by atoms with Crippen LogP contribution in [0.25, 0.3) is 11.1 Å². The van der Waals surface area contributed by atoms with Crippen LogP contribution in [0.3, 0.4) is 0 Å². The number of nitrogens with zero attached hydrogens (tertiary/aromatic N) is 1. The number of oxazole rings is 1. The fourth-order valence-electron chi connectivity index (χ4n) is 2.78. The molecule has 1 saturated heterocycles. The summed E-state index contributed by atoms with van der Waals surface area (Å²) >= 11 is 0. The molecule has 0 spiro atoms. The first kappa shape index (κ1) is 12.4. The van der Waals surface area contributed by atoms with Crippen molar-refractivity contribution in [3.8, 4) is 0 Å². The van der Waals surface area contributed by atoms with Crippen molar-refractivity contribution in [2.75, 3.05) is 6.54 Å².